The number of halogens is 2. The van der Waals surface area contributed by atoms with Crippen LogP contribution in [0, 0.1) is 5.82 Å². The number of rotatable bonds is 1. The fraction of sp³-hybridized carbons (Fsp3) is 0. The molecule has 0 spiro atoms. The molecule has 0 aliphatic heterocycles. The average Bonchev–Trinajstić information content (AvgIpc) is 2.65. The zero-order chi connectivity index (χ0) is 12.7. The van der Waals surface area contributed by atoms with Gasteiger partial charge in [-0.2, -0.15) is 0 Å². The minimum absolute atomic E-state index is 0.284. The number of imidazole rings is 1. The van der Waals surface area contributed by atoms with E-state index in [4.69, 9.17) is 17.3 Å². The van der Waals surface area contributed by atoms with Gasteiger partial charge in [-0.25, -0.2) is 14.4 Å². The quantitative estimate of drug-likeness (QED) is 0.734. The molecular weight excluding hydrogens is 255 g/mol. The summed E-state index contributed by atoms with van der Waals surface area (Å²) in [5.74, 6) is -0.0240. The minimum Gasteiger partial charge on any atom is -0.369 e. The van der Waals surface area contributed by atoms with Crippen LogP contribution in [0.25, 0.3) is 16.9 Å². The third-order valence-corrected chi connectivity index (χ3v) is 2.78. The van der Waals surface area contributed by atoms with Crippen LogP contribution >= 0.6 is 11.6 Å². The minimum atomic E-state index is -0.308. The highest BCUT2D eigenvalue weighted by molar-refractivity contribution is 6.31. The van der Waals surface area contributed by atoms with E-state index in [1.165, 1.54) is 18.3 Å². The van der Waals surface area contributed by atoms with E-state index in [1.807, 2.05) is 0 Å². The summed E-state index contributed by atoms with van der Waals surface area (Å²) in [5.41, 5.74) is 7.74. The molecule has 4 nitrogen and oxygen atoms in total. The van der Waals surface area contributed by atoms with Crippen molar-refractivity contribution < 1.29 is 4.39 Å². The van der Waals surface area contributed by atoms with Gasteiger partial charge < -0.3 is 5.73 Å². The Morgan fingerprint density at radius 2 is 1.94 bits per heavy atom. The fourth-order valence-electron chi connectivity index (χ4n) is 1.80. The first-order chi connectivity index (χ1) is 8.65. The van der Waals surface area contributed by atoms with Crippen molar-refractivity contribution in [3.63, 3.8) is 0 Å². The molecule has 0 atom stereocenters. The molecule has 0 aliphatic carbocycles. The van der Waals surface area contributed by atoms with Crippen LogP contribution in [0.1, 0.15) is 0 Å². The van der Waals surface area contributed by atoms with E-state index >= 15 is 0 Å². The molecule has 6 heteroatoms. The van der Waals surface area contributed by atoms with E-state index in [9.17, 15) is 4.39 Å². The van der Waals surface area contributed by atoms with E-state index < -0.39 is 0 Å². The van der Waals surface area contributed by atoms with Crippen LogP contribution < -0.4 is 5.73 Å². The monoisotopic (exact) mass is 262 g/mol. The third-order valence-electron chi connectivity index (χ3n) is 2.57. The number of fused-ring (bicyclic) bond motifs is 1. The number of nitrogens with zero attached hydrogens (tertiary/aromatic N) is 3. The molecule has 2 aromatic heterocycles. The van der Waals surface area contributed by atoms with Crippen molar-refractivity contribution in [2.24, 2.45) is 0 Å². The molecule has 0 fully saturated rings. The van der Waals surface area contributed by atoms with E-state index in [1.54, 1.807) is 22.8 Å². The molecule has 0 radical (unpaired) electrons. The zero-order valence-electron chi connectivity index (χ0n) is 9.14. The second kappa shape index (κ2) is 3.96. The zero-order valence-corrected chi connectivity index (χ0v) is 9.89. The number of hydrogen-bond acceptors (Lipinski definition) is 3. The van der Waals surface area contributed by atoms with E-state index in [0.717, 1.165) is 0 Å². The first-order valence-corrected chi connectivity index (χ1v) is 5.58. The highest BCUT2D eigenvalue weighted by atomic mass is 35.5. The SMILES string of the molecule is Nc1nc2cc(Cl)cnc2n1-c1ccc(F)cc1. The summed E-state index contributed by atoms with van der Waals surface area (Å²) in [4.78, 5) is 8.37. The van der Waals surface area contributed by atoms with Crippen LogP contribution in [0.15, 0.2) is 36.5 Å². The summed E-state index contributed by atoms with van der Waals surface area (Å²) in [6, 6.07) is 7.62. The van der Waals surface area contributed by atoms with Gasteiger partial charge >= 0.3 is 0 Å². The Balaban J connectivity index is 2.28. The number of nitrogen functional groups attached to an aromatic ring is 1. The van der Waals surface area contributed by atoms with E-state index in [0.29, 0.717) is 21.9 Å². The number of nitrogens with two attached hydrogens (primary N) is 1. The van der Waals surface area contributed by atoms with Crippen molar-refractivity contribution in [3.8, 4) is 5.69 Å². The molecule has 0 saturated carbocycles. The first-order valence-electron chi connectivity index (χ1n) is 5.20. The Morgan fingerprint density at radius 1 is 1.22 bits per heavy atom. The van der Waals surface area contributed by atoms with Crippen molar-refractivity contribution in [1.29, 1.82) is 0 Å². The van der Waals surface area contributed by atoms with Gasteiger partial charge in [0.1, 0.15) is 11.3 Å². The standard InChI is InChI=1S/C12H8ClFN4/c13-7-5-10-11(16-6-7)18(12(15)17-10)9-3-1-8(14)2-4-9/h1-6H,(H2,15,17). The topological polar surface area (TPSA) is 56.7 Å². The molecule has 1 aromatic carbocycles. The molecule has 18 heavy (non-hydrogen) atoms. The number of benzene rings is 1. The maximum absolute atomic E-state index is 12.9. The molecular formula is C12H8ClFN4. The molecule has 3 aromatic rings. The Bertz CT molecular complexity index is 721. The van der Waals surface area contributed by atoms with Gasteiger partial charge in [-0.1, -0.05) is 11.6 Å². The third kappa shape index (κ3) is 1.69. The molecule has 3 rings (SSSR count). The van der Waals surface area contributed by atoms with Gasteiger partial charge in [0.2, 0.25) is 5.95 Å². The summed E-state index contributed by atoms with van der Waals surface area (Å²) in [5, 5.41) is 0.492. The fourth-order valence-corrected chi connectivity index (χ4v) is 1.95. The number of aromatic nitrogens is 3. The van der Waals surface area contributed by atoms with Gasteiger partial charge in [0.05, 0.1) is 10.7 Å². The predicted octanol–water partition coefficient (Wildman–Crippen LogP) is 2.80. The van der Waals surface area contributed by atoms with Crippen LogP contribution in [0.5, 0.6) is 0 Å². The molecule has 0 bridgehead atoms. The van der Waals surface area contributed by atoms with Crippen molar-refractivity contribution in [3.05, 3.63) is 47.4 Å². The van der Waals surface area contributed by atoms with Crippen LogP contribution in [0.4, 0.5) is 10.3 Å². The summed E-state index contributed by atoms with van der Waals surface area (Å²) in [7, 11) is 0. The lowest BCUT2D eigenvalue weighted by atomic mass is 10.3. The van der Waals surface area contributed by atoms with Crippen LogP contribution in [0.2, 0.25) is 5.02 Å². The number of pyridine rings is 1. The lowest BCUT2D eigenvalue weighted by molar-refractivity contribution is 0.627. The highest BCUT2D eigenvalue weighted by Crippen LogP contribution is 2.23. The molecule has 0 unspecified atom stereocenters. The lowest BCUT2D eigenvalue weighted by Gasteiger charge is -2.05. The van der Waals surface area contributed by atoms with Crippen molar-refractivity contribution in [2.75, 3.05) is 5.73 Å². The van der Waals surface area contributed by atoms with E-state index in [2.05, 4.69) is 9.97 Å². The van der Waals surface area contributed by atoms with Gasteiger partial charge in [0.15, 0.2) is 5.65 Å². The number of hydrogen-bond donors (Lipinski definition) is 1. The molecule has 2 heterocycles. The Hall–Kier alpha value is -2.14. The molecule has 90 valence electrons. The summed E-state index contributed by atoms with van der Waals surface area (Å²) in [6.45, 7) is 0. The number of anilines is 1. The lowest BCUT2D eigenvalue weighted by Crippen LogP contribution is -2.01. The maximum Gasteiger partial charge on any atom is 0.207 e. The van der Waals surface area contributed by atoms with Gasteiger partial charge in [0.25, 0.3) is 0 Å². The maximum atomic E-state index is 12.9. The smallest absolute Gasteiger partial charge is 0.207 e. The highest BCUT2D eigenvalue weighted by Gasteiger charge is 2.11. The van der Waals surface area contributed by atoms with Crippen LogP contribution in [0.3, 0.4) is 0 Å². The van der Waals surface area contributed by atoms with E-state index in [-0.39, 0.29) is 11.8 Å². The Morgan fingerprint density at radius 3 is 2.67 bits per heavy atom. The first kappa shape index (κ1) is 11.0. The van der Waals surface area contributed by atoms with Crippen molar-refractivity contribution in [2.45, 2.75) is 0 Å². The van der Waals surface area contributed by atoms with Crippen molar-refractivity contribution >= 4 is 28.7 Å². The second-order valence-electron chi connectivity index (χ2n) is 3.78. The second-order valence-corrected chi connectivity index (χ2v) is 4.21. The normalized spacial score (nSPS) is 11.0. The van der Waals surface area contributed by atoms with Gasteiger partial charge in [-0.15, -0.1) is 0 Å². The molecule has 0 amide bonds. The summed E-state index contributed by atoms with van der Waals surface area (Å²) >= 11 is 5.84. The molecule has 0 aliphatic rings. The summed E-state index contributed by atoms with van der Waals surface area (Å²) in [6.07, 6.45) is 1.52. The Kier molecular flexibility index (Phi) is 2.41. The average molecular weight is 263 g/mol. The summed E-state index contributed by atoms with van der Waals surface area (Å²) < 4.78 is 14.6. The van der Waals surface area contributed by atoms with Gasteiger partial charge in [-0.3, -0.25) is 4.57 Å². The van der Waals surface area contributed by atoms with Gasteiger partial charge in [-0.05, 0) is 30.3 Å². The largest absolute Gasteiger partial charge is 0.369 e. The predicted molar refractivity (Wildman–Crippen MR) is 68.2 cm³/mol. The van der Waals surface area contributed by atoms with Crippen LogP contribution in [-0.2, 0) is 0 Å². The van der Waals surface area contributed by atoms with Crippen molar-refractivity contribution in [1.82, 2.24) is 14.5 Å². The van der Waals surface area contributed by atoms with Gasteiger partial charge in [0, 0.05) is 6.20 Å². The molecule has 2 N–H and O–H groups in total. The van der Waals surface area contributed by atoms with Crippen LogP contribution in [-0.4, -0.2) is 14.5 Å². The Labute approximate surface area is 107 Å². The molecule has 0 saturated heterocycles.